The SMILES string of the molecule is O=C(CCNS(=O)(=O)c1ccc(Cl)cc1)N[C@H]1CCO[C@H]1C1CC1. The van der Waals surface area contributed by atoms with E-state index in [1.165, 1.54) is 24.3 Å². The minimum absolute atomic E-state index is 0.0536. The molecule has 1 saturated heterocycles. The minimum Gasteiger partial charge on any atom is -0.376 e. The average molecular weight is 373 g/mol. The largest absolute Gasteiger partial charge is 0.376 e. The number of sulfonamides is 1. The molecule has 2 atom stereocenters. The summed E-state index contributed by atoms with van der Waals surface area (Å²) in [5.41, 5.74) is 0. The zero-order chi connectivity index (χ0) is 17.2. The normalized spacial score (nSPS) is 24.0. The maximum atomic E-state index is 12.1. The van der Waals surface area contributed by atoms with E-state index in [2.05, 4.69) is 10.0 Å². The van der Waals surface area contributed by atoms with Gasteiger partial charge in [-0.2, -0.15) is 0 Å². The maximum Gasteiger partial charge on any atom is 0.240 e. The molecule has 0 radical (unpaired) electrons. The lowest BCUT2D eigenvalue weighted by Crippen LogP contribution is -2.42. The molecule has 0 spiro atoms. The van der Waals surface area contributed by atoms with Crippen LogP contribution in [0.5, 0.6) is 0 Å². The zero-order valence-electron chi connectivity index (χ0n) is 13.2. The molecule has 1 heterocycles. The highest BCUT2D eigenvalue weighted by molar-refractivity contribution is 7.89. The Labute approximate surface area is 147 Å². The molecule has 1 aliphatic heterocycles. The van der Waals surface area contributed by atoms with Gasteiger partial charge in [-0.1, -0.05) is 11.6 Å². The molecule has 1 aliphatic carbocycles. The molecule has 1 saturated carbocycles. The van der Waals surface area contributed by atoms with Gasteiger partial charge in [0.05, 0.1) is 17.0 Å². The summed E-state index contributed by atoms with van der Waals surface area (Å²) >= 11 is 5.75. The second kappa shape index (κ2) is 7.39. The van der Waals surface area contributed by atoms with Crippen LogP contribution in [0.3, 0.4) is 0 Å². The van der Waals surface area contributed by atoms with Crippen LogP contribution in [-0.2, 0) is 19.6 Å². The number of carbonyl (C=O) groups is 1. The molecule has 132 valence electrons. The van der Waals surface area contributed by atoms with Gasteiger partial charge in [0.25, 0.3) is 0 Å². The van der Waals surface area contributed by atoms with Gasteiger partial charge < -0.3 is 10.1 Å². The average Bonchev–Trinajstić information content (AvgIpc) is 3.28. The molecule has 2 N–H and O–H groups in total. The first-order chi connectivity index (χ1) is 11.5. The molecule has 0 unspecified atom stereocenters. The summed E-state index contributed by atoms with van der Waals surface area (Å²) in [7, 11) is -3.63. The summed E-state index contributed by atoms with van der Waals surface area (Å²) in [4.78, 5) is 12.2. The van der Waals surface area contributed by atoms with Crippen molar-refractivity contribution >= 4 is 27.5 Å². The molecule has 1 aromatic carbocycles. The van der Waals surface area contributed by atoms with Crippen molar-refractivity contribution in [2.45, 2.75) is 42.7 Å². The van der Waals surface area contributed by atoms with Gasteiger partial charge in [-0.15, -0.1) is 0 Å². The fourth-order valence-electron chi connectivity index (χ4n) is 2.93. The summed E-state index contributed by atoms with van der Waals surface area (Å²) < 4.78 is 32.3. The molecule has 2 fully saturated rings. The Balaban J connectivity index is 1.45. The van der Waals surface area contributed by atoms with Crippen LogP contribution in [0.2, 0.25) is 5.02 Å². The van der Waals surface area contributed by atoms with Gasteiger partial charge in [0.15, 0.2) is 0 Å². The van der Waals surface area contributed by atoms with Crippen molar-refractivity contribution in [2.75, 3.05) is 13.2 Å². The molecule has 8 heteroatoms. The monoisotopic (exact) mass is 372 g/mol. The van der Waals surface area contributed by atoms with Crippen LogP contribution in [0.25, 0.3) is 0 Å². The number of benzene rings is 1. The van der Waals surface area contributed by atoms with Gasteiger partial charge in [-0.3, -0.25) is 4.79 Å². The van der Waals surface area contributed by atoms with Gasteiger partial charge >= 0.3 is 0 Å². The van der Waals surface area contributed by atoms with Crippen LogP contribution < -0.4 is 10.0 Å². The Kier molecular flexibility index (Phi) is 5.44. The molecule has 1 aromatic rings. The second-order valence-corrected chi connectivity index (χ2v) is 8.44. The van der Waals surface area contributed by atoms with E-state index in [1.807, 2.05) is 0 Å². The molecule has 1 amide bonds. The van der Waals surface area contributed by atoms with Crippen LogP contribution in [-0.4, -0.2) is 39.6 Å². The van der Waals surface area contributed by atoms with Gasteiger partial charge in [-0.05, 0) is 49.4 Å². The smallest absolute Gasteiger partial charge is 0.240 e. The topological polar surface area (TPSA) is 84.5 Å². The quantitative estimate of drug-likeness (QED) is 0.762. The van der Waals surface area contributed by atoms with E-state index in [0.717, 1.165) is 19.3 Å². The predicted molar refractivity (Wildman–Crippen MR) is 90.3 cm³/mol. The van der Waals surface area contributed by atoms with E-state index < -0.39 is 10.0 Å². The van der Waals surface area contributed by atoms with E-state index >= 15 is 0 Å². The van der Waals surface area contributed by atoms with E-state index in [9.17, 15) is 13.2 Å². The Hall–Kier alpha value is -1.15. The van der Waals surface area contributed by atoms with Crippen LogP contribution >= 0.6 is 11.6 Å². The van der Waals surface area contributed by atoms with Crippen molar-refractivity contribution in [1.82, 2.24) is 10.0 Å². The number of ether oxygens (including phenoxy) is 1. The van der Waals surface area contributed by atoms with Crippen molar-refractivity contribution in [3.63, 3.8) is 0 Å². The third kappa shape index (κ3) is 4.47. The lowest BCUT2D eigenvalue weighted by molar-refractivity contribution is -0.122. The van der Waals surface area contributed by atoms with Gasteiger partial charge in [0, 0.05) is 24.6 Å². The minimum atomic E-state index is -3.63. The Morgan fingerprint density at radius 3 is 2.58 bits per heavy atom. The van der Waals surface area contributed by atoms with E-state index in [1.54, 1.807) is 0 Å². The van der Waals surface area contributed by atoms with Crippen LogP contribution in [0.1, 0.15) is 25.7 Å². The lowest BCUT2D eigenvalue weighted by atomic mass is 10.1. The number of nitrogens with one attached hydrogen (secondary N) is 2. The highest BCUT2D eigenvalue weighted by Gasteiger charge is 2.41. The fourth-order valence-corrected chi connectivity index (χ4v) is 4.09. The first-order valence-corrected chi connectivity index (χ1v) is 9.98. The number of hydrogen-bond acceptors (Lipinski definition) is 4. The van der Waals surface area contributed by atoms with Gasteiger partial charge in [0.2, 0.25) is 15.9 Å². The molecule has 6 nitrogen and oxygen atoms in total. The first kappa shape index (κ1) is 17.7. The Bertz CT molecular complexity index is 689. The highest BCUT2D eigenvalue weighted by Crippen LogP contribution is 2.38. The summed E-state index contributed by atoms with van der Waals surface area (Å²) in [5, 5.41) is 3.44. The van der Waals surface area contributed by atoms with E-state index in [4.69, 9.17) is 16.3 Å². The molecular weight excluding hydrogens is 352 g/mol. The Morgan fingerprint density at radius 1 is 1.21 bits per heavy atom. The summed E-state index contributed by atoms with van der Waals surface area (Å²) in [5.74, 6) is 0.413. The molecular formula is C16H21ClN2O4S. The highest BCUT2D eigenvalue weighted by atomic mass is 35.5. The van der Waals surface area contributed by atoms with E-state index in [0.29, 0.717) is 17.5 Å². The van der Waals surface area contributed by atoms with E-state index in [-0.39, 0.29) is 35.9 Å². The van der Waals surface area contributed by atoms with Crippen molar-refractivity contribution in [2.24, 2.45) is 5.92 Å². The standard InChI is InChI=1S/C16H21ClN2O4S/c17-12-3-5-13(6-4-12)24(21,22)18-9-7-15(20)19-14-8-10-23-16(14)11-1-2-11/h3-6,11,14,16,18H,1-2,7-10H2,(H,19,20)/t14-,16-/m0/s1. The third-order valence-corrected chi connectivity index (χ3v) is 6.07. The van der Waals surface area contributed by atoms with Gasteiger partial charge in [-0.25, -0.2) is 13.1 Å². The molecule has 2 aliphatic rings. The fraction of sp³-hybridized carbons (Fsp3) is 0.562. The summed E-state index contributed by atoms with van der Waals surface area (Å²) in [6, 6.07) is 5.95. The predicted octanol–water partition coefficient (Wildman–Crippen LogP) is 1.69. The Morgan fingerprint density at radius 2 is 1.92 bits per heavy atom. The number of amides is 1. The third-order valence-electron chi connectivity index (χ3n) is 4.34. The number of halogens is 1. The zero-order valence-corrected chi connectivity index (χ0v) is 14.8. The summed E-state index contributed by atoms with van der Waals surface area (Å²) in [6.07, 6.45) is 3.37. The van der Waals surface area contributed by atoms with Crippen LogP contribution in [0.4, 0.5) is 0 Å². The van der Waals surface area contributed by atoms with Crippen molar-refractivity contribution < 1.29 is 17.9 Å². The summed E-state index contributed by atoms with van der Waals surface area (Å²) in [6.45, 7) is 0.730. The molecule has 0 bridgehead atoms. The molecule has 0 aromatic heterocycles. The maximum absolute atomic E-state index is 12.1. The molecule has 24 heavy (non-hydrogen) atoms. The van der Waals surface area contributed by atoms with Crippen molar-refractivity contribution in [3.8, 4) is 0 Å². The number of rotatable bonds is 7. The number of carbonyl (C=O) groups excluding carboxylic acids is 1. The van der Waals surface area contributed by atoms with Crippen molar-refractivity contribution in [3.05, 3.63) is 29.3 Å². The van der Waals surface area contributed by atoms with Crippen molar-refractivity contribution in [1.29, 1.82) is 0 Å². The number of hydrogen-bond donors (Lipinski definition) is 2. The van der Waals surface area contributed by atoms with Crippen LogP contribution in [0, 0.1) is 5.92 Å². The lowest BCUT2D eigenvalue weighted by Gasteiger charge is -2.19. The molecule has 3 rings (SSSR count). The first-order valence-electron chi connectivity index (χ1n) is 8.12. The van der Waals surface area contributed by atoms with Crippen LogP contribution in [0.15, 0.2) is 29.2 Å². The second-order valence-electron chi connectivity index (χ2n) is 6.24. The van der Waals surface area contributed by atoms with Gasteiger partial charge in [0.1, 0.15) is 0 Å².